The van der Waals surface area contributed by atoms with Crippen molar-refractivity contribution in [3.63, 3.8) is 0 Å². The summed E-state index contributed by atoms with van der Waals surface area (Å²) in [5.41, 5.74) is 0. The first kappa shape index (κ1) is 22.1. The highest BCUT2D eigenvalue weighted by molar-refractivity contribution is 5.73. The molecule has 0 aromatic heterocycles. The lowest BCUT2D eigenvalue weighted by Gasteiger charge is -2.12. The molecule has 3 unspecified atom stereocenters. The number of rotatable bonds is 7. The van der Waals surface area contributed by atoms with Gasteiger partial charge in [0.2, 0.25) is 6.29 Å². The minimum Gasteiger partial charge on any atom is -0.461 e. The van der Waals surface area contributed by atoms with Crippen LogP contribution >= 0.6 is 0 Å². The van der Waals surface area contributed by atoms with Crippen LogP contribution in [0.15, 0.2) is 0 Å². The second-order valence-electron chi connectivity index (χ2n) is 4.57. The number of hydrogen-bond donors (Lipinski definition) is 3. The molecular weight excluding hydrogens is 284 g/mol. The maximum atomic E-state index is 10.8. The first-order valence-electron chi connectivity index (χ1n) is 6.58. The van der Waals surface area contributed by atoms with Gasteiger partial charge in [0.25, 0.3) is 0 Å². The Hall–Kier alpha value is -1.22. The fourth-order valence-electron chi connectivity index (χ4n) is 0.944. The van der Waals surface area contributed by atoms with E-state index in [0.717, 1.165) is 0 Å². The molecule has 3 atom stereocenters. The van der Waals surface area contributed by atoms with Gasteiger partial charge in [-0.2, -0.15) is 0 Å². The van der Waals surface area contributed by atoms with Crippen LogP contribution in [0.1, 0.15) is 41.0 Å². The van der Waals surface area contributed by atoms with Crippen LogP contribution in [0.5, 0.6) is 0 Å². The van der Waals surface area contributed by atoms with Gasteiger partial charge in [-0.05, 0) is 34.6 Å². The SMILES string of the molecule is CC(C)OC(=O)C(C)O.CC(O)CC(=O)OC(C)OCO. The molecule has 0 aliphatic carbocycles. The number of aliphatic hydroxyl groups excluding tert-OH is 3. The number of carbonyl (C=O) groups excluding carboxylic acids is 2. The fraction of sp³-hybridized carbons (Fsp3) is 0.846. The Morgan fingerprint density at radius 1 is 1.00 bits per heavy atom. The molecule has 0 aromatic rings. The highest BCUT2D eigenvalue weighted by Crippen LogP contribution is 1.98. The standard InChI is InChI=1S/C7H14O5.C6H12O3/c1-5(9)3-7(10)12-6(2)11-4-8;1-4(2)9-6(8)5(3)7/h5-6,8-9H,3-4H2,1-2H3;4-5,7H,1-3H3. The maximum Gasteiger partial charge on any atom is 0.334 e. The van der Waals surface area contributed by atoms with E-state index in [1.54, 1.807) is 13.8 Å². The van der Waals surface area contributed by atoms with Crippen molar-refractivity contribution >= 4 is 11.9 Å². The van der Waals surface area contributed by atoms with Crippen LogP contribution in [0, 0.1) is 0 Å². The molecule has 0 amide bonds. The number of esters is 2. The average Bonchev–Trinajstić information content (AvgIpc) is 2.27. The van der Waals surface area contributed by atoms with Gasteiger partial charge in [0.15, 0.2) is 0 Å². The number of hydrogen-bond acceptors (Lipinski definition) is 8. The zero-order valence-electron chi connectivity index (χ0n) is 13.1. The van der Waals surface area contributed by atoms with E-state index in [-0.39, 0.29) is 12.5 Å². The van der Waals surface area contributed by atoms with E-state index in [1.165, 1.54) is 20.8 Å². The van der Waals surface area contributed by atoms with Crippen molar-refractivity contribution in [3.05, 3.63) is 0 Å². The van der Waals surface area contributed by atoms with Crippen molar-refractivity contribution in [2.24, 2.45) is 0 Å². The summed E-state index contributed by atoms with van der Waals surface area (Å²) in [6, 6.07) is 0. The number of ether oxygens (including phenoxy) is 3. The van der Waals surface area contributed by atoms with Crippen LogP contribution in [0.3, 0.4) is 0 Å². The molecule has 0 spiro atoms. The van der Waals surface area contributed by atoms with E-state index in [4.69, 9.17) is 15.3 Å². The summed E-state index contributed by atoms with van der Waals surface area (Å²) < 4.78 is 13.8. The molecule has 0 saturated carbocycles. The lowest BCUT2D eigenvalue weighted by atomic mass is 10.3. The van der Waals surface area contributed by atoms with Gasteiger partial charge in [0.05, 0.1) is 18.6 Å². The Morgan fingerprint density at radius 3 is 1.81 bits per heavy atom. The first-order valence-corrected chi connectivity index (χ1v) is 6.58. The summed E-state index contributed by atoms with van der Waals surface area (Å²) in [6.45, 7) is 7.32. The summed E-state index contributed by atoms with van der Waals surface area (Å²) in [6.07, 6.45) is -2.72. The molecule has 0 radical (unpaired) electrons. The van der Waals surface area contributed by atoms with E-state index in [9.17, 15) is 9.59 Å². The van der Waals surface area contributed by atoms with Gasteiger partial charge in [-0.3, -0.25) is 4.79 Å². The Morgan fingerprint density at radius 2 is 1.52 bits per heavy atom. The van der Waals surface area contributed by atoms with Crippen LogP contribution in [-0.4, -0.2) is 58.7 Å². The summed E-state index contributed by atoms with van der Waals surface area (Å²) >= 11 is 0. The molecule has 3 N–H and O–H groups in total. The van der Waals surface area contributed by atoms with Crippen molar-refractivity contribution < 1.29 is 39.1 Å². The molecule has 0 bridgehead atoms. The predicted molar refractivity (Wildman–Crippen MR) is 72.9 cm³/mol. The molecule has 0 rings (SSSR count). The molecule has 0 saturated heterocycles. The Bertz CT molecular complexity index is 288. The Labute approximate surface area is 124 Å². The molecule has 8 nitrogen and oxygen atoms in total. The normalized spacial score (nSPS) is 14.5. The largest absolute Gasteiger partial charge is 0.461 e. The highest BCUT2D eigenvalue weighted by atomic mass is 16.7. The third-order valence-corrected chi connectivity index (χ3v) is 1.76. The van der Waals surface area contributed by atoms with Crippen LogP contribution in [0.25, 0.3) is 0 Å². The van der Waals surface area contributed by atoms with Crippen molar-refractivity contribution in [1.29, 1.82) is 0 Å². The fourth-order valence-corrected chi connectivity index (χ4v) is 0.944. The van der Waals surface area contributed by atoms with Crippen molar-refractivity contribution in [2.45, 2.75) is 65.6 Å². The average molecular weight is 310 g/mol. The minimum atomic E-state index is -1.01. The van der Waals surface area contributed by atoms with E-state index in [1.807, 2.05) is 0 Å². The third kappa shape index (κ3) is 16.7. The quantitative estimate of drug-likeness (QED) is 0.441. The minimum absolute atomic E-state index is 0.0703. The van der Waals surface area contributed by atoms with E-state index in [0.29, 0.717) is 0 Å². The second kappa shape index (κ2) is 12.5. The third-order valence-electron chi connectivity index (χ3n) is 1.76. The predicted octanol–water partition coefficient (Wildman–Crippen LogP) is -0.0683. The van der Waals surface area contributed by atoms with Gasteiger partial charge in [-0.15, -0.1) is 0 Å². The van der Waals surface area contributed by atoms with E-state index >= 15 is 0 Å². The number of carbonyl (C=O) groups is 2. The molecule has 126 valence electrons. The summed E-state index contributed by atoms with van der Waals surface area (Å²) in [5, 5.41) is 25.6. The second-order valence-corrected chi connectivity index (χ2v) is 4.57. The zero-order valence-corrected chi connectivity index (χ0v) is 13.1. The lowest BCUT2D eigenvalue weighted by Crippen LogP contribution is -2.22. The first-order chi connectivity index (χ1) is 9.59. The maximum absolute atomic E-state index is 10.8. The lowest BCUT2D eigenvalue weighted by molar-refractivity contribution is -0.190. The summed E-state index contributed by atoms with van der Waals surface area (Å²) in [5.74, 6) is -1.11. The highest BCUT2D eigenvalue weighted by Gasteiger charge is 2.11. The monoisotopic (exact) mass is 310 g/mol. The molecule has 21 heavy (non-hydrogen) atoms. The smallest absolute Gasteiger partial charge is 0.334 e. The van der Waals surface area contributed by atoms with Gasteiger partial charge >= 0.3 is 11.9 Å². The Kier molecular flexibility index (Phi) is 13.2. The molecule has 8 heteroatoms. The molecule has 0 heterocycles. The van der Waals surface area contributed by atoms with Gasteiger partial charge in [-0.1, -0.05) is 0 Å². The van der Waals surface area contributed by atoms with Gasteiger partial charge < -0.3 is 29.5 Å². The Balaban J connectivity index is 0. The topological polar surface area (TPSA) is 123 Å². The van der Waals surface area contributed by atoms with Crippen molar-refractivity contribution in [2.75, 3.05) is 6.79 Å². The van der Waals surface area contributed by atoms with E-state index in [2.05, 4.69) is 14.2 Å². The molecule has 0 aromatic carbocycles. The van der Waals surface area contributed by atoms with Crippen molar-refractivity contribution in [1.82, 2.24) is 0 Å². The van der Waals surface area contributed by atoms with Gasteiger partial charge in [0, 0.05) is 0 Å². The zero-order chi connectivity index (χ0) is 17.0. The number of aliphatic hydroxyl groups is 3. The van der Waals surface area contributed by atoms with Gasteiger partial charge in [0.1, 0.15) is 12.9 Å². The van der Waals surface area contributed by atoms with Crippen LogP contribution in [-0.2, 0) is 23.8 Å². The van der Waals surface area contributed by atoms with Crippen LogP contribution in [0.2, 0.25) is 0 Å². The van der Waals surface area contributed by atoms with Crippen LogP contribution in [0.4, 0.5) is 0 Å². The van der Waals surface area contributed by atoms with E-state index < -0.39 is 37.2 Å². The van der Waals surface area contributed by atoms with Crippen LogP contribution < -0.4 is 0 Å². The molecular formula is C13H26O8. The summed E-state index contributed by atoms with van der Waals surface area (Å²) in [4.78, 5) is 21.3. The molecule has 0 fully saturated rings. The molecule has 0 aliphatic heterocycles. The molecule has 0 aliphatic rings. The van der Waals surface area contributed by atoms with Gasteiger partial charge in [-0.25, -0.2) is 4.79 Å². The van der Waals surface area contributed by atoms with Crippen molar-refractivity contribution in [3.8, 4) is 0 Å². The summed E-state index contributed by atoms with van der Waals surface area (Å²) in [7, 11) is 0.